The Morgan fingerprint density at radius 3 is 1.53 bits per heavy atom. The normalized spacial score (nSPS) is 18.8. The van der Waals surface area contributed by atoms with Crippen LogP contribution in [-0.2, 0) is 0 Å². The molecular formula is C60H40N2OSi. The molecule has 0 N–H and O–H groups in total. The van der Waals surface area contributed by atoms with Gasteiger partial charge in [-0.1, -0.05) is 200 Å². The molecule has 0 amide bonds. The highest BCUT2D eigenvalue weighted by Crippen LogP contribution is 2.45. The Labute approximate surface area is 414 Å². The number of fused-ring (bicyclic) bond motifs is 10. The number of benzene rings is 10. The number of rotatable bonds is 7. The van der Waals surface area contributed by atoms with Crippen LogP contribution >= 0.6 is 0 Å². The van der Waals surface area contributed by atoms with E-state index in [1.54, 1.807) is 42.5 Å². The molecule has 0 bridgehead atoms. The fraction of sp³-hybridized carbons (Fsp3) is 0. The molecule has 0 radical (unpaired) electrons. The zero-order valence-electron chi connectivity index (χ0n) is 63.5. The molecule has 0 aliphatic heterocycles. The predicted octanol–water partition coefficient (Wildman–Crippen LogP) is 12.8. The van der Waals surface area contributed by atoms with E-state index in [-0.39, 0.29) is 65.9 Å². The van der Waals surface area contributed by atoms with Crippen molar-refractivity contribution >= 4 is 94.4 Å². The van der Waals surface area contributed by atoms with E-state index in [0.717, 1.165) is 0 Å². The molecular weight excluding hydrogens is 793 g/mol. The molecule has 64 heavy (non-hydrogen) atoms. The first kappa shape index (κ1) is 17.2. The van der Waals surface area contributed by atoms with Crippen LogP contribution in [-0.4, -0.2) is 17.2 Å². The first-order valence-electron chi connectivity index (χ1n) is 35.0. The zero-order valence-corrected chi connectivity index (χ0v) is 33.5. The van der Waals surface area contributed by atoms with Crippen LogP contribution in [0, 0.1) is 0 Å². The number of aromatic nitrogens is 2. The Bertz CT molecular complexity index is 5480. The van der Waals surface area contributed by atoms with Crippen molar-refractivity contribution in [2.45, 2.75) is 0 Å². The summed E-state index contributed by atoms with van der Waals surface area (Å²) in [6, 6.07) is -18.0. The molecule has 0 fully saturated rings. The molecule has 13 aromatic rings. The molecule has 3 heterocycles. The summed E-state index contributed by atoms with van der Waals surface area (Å²) in [5.74, 6) is 0. The third kappa shape index (κ3) is 5.33. The van der Waals surface area contributed by atoms with Crippen LogP contribution in [0.3, 0.4) is 0 Å². The highest BCUT2D eigenvalue weighted by molar-refractivity contribution is 7.19. The van der Waals surface area contributed by atoms with Crippen molar-refractivity contribution in [2.75, 3.05) is 0 Å². The van der Waals surface area contributed by atoms with E-state index in [9.17, 15) is 19.2 Å². The average Bonchev–Trinajstić information content (AvgIpc) is 1.64. The zero-order chi connectivity index (χ0) is 69.2. The van der Waals surface area contributed by atoms with Crippen LogP contribution in [0.15, 0.2) is 246 Å². The van der Waals surface area contributed by atoms with Crippen LogP contribution in [0.2, 0.25) is 0 Å². The summed E-state index contributed by atoms with van der Waals surface area (Å²) in [6.07, 6.45) is 0. The third-order valence-corrected chi connectivity index (χ3v) is 15.2. The Kier molecular flexibility index (Phi) is 3.88. The molecule has 0 aliphatic carbocycles. The molecule has 0 saturated carbocycles. The molecule has 10 aromatic carbocycles. The van der Waals surface area contributed by atoms with Gasteiger partial charge >= 0.3 is 0 Å². The second-order valence-electron chi connectivity index (χ2n) is 14.5. The van der Waals surface area contributed by atoms with Crippen LogP contribution in [0.5, 0.6) is 0 Å². The van der Waals surface area contributed by atoms with Gasteiger partial charge in [-0.3, -0.25) is 0 Å². The Morgan fingerprint density at radius 1 is 0.391 bits per heavy atom. The van der Waals surface area contributed by atoms with Gasteiger partial charge in [-0.05, 0) is 74.2 Å². The summed E-state index contributed by atoms with van der Waals surface area (Å²) in [6.45, 7) is 0. The van der Waals surface area contributed by atoms with Gasteiger partial charge in [0.2, 0.25) is 0 Å². The van der Waals surface area contributed by atoms with Gasteiger partial charge in [0, 0.05) is 32.6 Å². The van der Waals surface area contributed by atoms with Crippen LogP contribution < -0.4 is 20.7 Å². The molecule has 0 saturated heterocycles. The highest BCUT2D eigenvalue weighted by atomic mass is 28.3. The summed E-state index contributed by atoms with van der Waals surface area (Å²) in [5, 5.41) is -4.27. The van der Waals surface area contributed by atoms with Gasteiger partial charge in [0.1, 0.15) is 5.58 Å². The van der Waals surface area contributed by atoms with E-state index in [1.807, 2.05) is 0 Å². The SMILES string of the molecule is [2H]c1c([2H])c([2H])c(-c2c([2H])c([2H])c([Si](c3c([2H])c([2H])c([2H])c([2H])c3[2H])(c3c([2H])c([2H])c([2H])c([2H])c3[2H])c3c([2H])c([2H])c(-n4c5ccccc5c5cc(-n6c7c([2H])c([2H])c([2H])c([2H])c7c7c([2H])c([2H])c([2H])c([2H])c76)c6oc7ccccc7c6c54)c([2H])c3[2H])c([2H])c2[2H])c([2H])c1[2H]. The van der Waals surface area contributed by atoms with Gasteiger partial charge in [-0.25, -0.2) is 0 Å². The van der Waals surface area contributed by atoms with E-state index >= 15 is 0 Å². The van der Waals surface area contributed by atoms with E-state index in [1.165, 1.54) is 21.3 Å². The smallest absolute Gasteiger partial charge is 0.179 e. The Hall–Kier alpha value is -8.18. The molecule has 0 aliphatic rings. The van der Waals surface area contributed by atoms with Gasteiger partial charge in [-0.2, -0.15) is 0 Å². The minimum absolute atomic E-state index is 0.0376. The maximum atomic E-state index is 10.5. The summed E-state index contributed by atoms with van der Waals surface area (Å²) < 4.78 is 298. The quantitative estimate of drug-likeness (QED) is 0.116. The number of para-hydroxylation sites is 4. The Morgan fingerprint density at radius 2 is 0.891 bits per heavy atom. The van der Waals surface area contributed by atoms with Crippen molar-refractivity contribution in [3.05, 3.63) is 242 Å². The lowest BCUT2D eigenvalue weighted by Crippen LogP contribution is -2.74. The summed E-state index contributed by atoms with van der Waals surface area (Å²) in [4.78, 5) is 0. The standard InChI is InChI=1S/C60H40N2OSi/c1-4-18-41(19-5-1)42-32-36-46(37-33-42)64(44-20-6-2-7-21-44,45-22-8-3-9-23-45)47-38-34-43(35-39-47)61-53-28-14-12-26-50(53)52-40-56(60-58(59(52)61)51-27-13-17-31-57(51)63-60)62-54-29-15-10-24-48(54)49-25-11-16-30-55(49)62/h1-40H/i1D,2D,3D,4D,5D,6D,7D,8D,9D,10D,11D,15D,16D,18D,19D,20D,21D,22D,23D,24D,25D,29D,30D,32D,33D,34D,35D,36D,37D,38D,39D. The lowest BCUT2D eigenvalue weighted by molar-refractivity contribution is 0.666. The van der Waals surface area contributed by atoms with E-state index in [0.29, 0.717) is 5.39 Å². The topological polar surface area (TPSA) is 23.0 Å². The number of nitrogens with zero attached hydrogens (tertiary/aromatic N) is 2. The fourth-order valence-electron chi connectivity index (χ4n) is 8.61. The maximum Gasteiger partial charge on any atom is 0.179 e. The summed E-state index contributed by atoms with van der Waals surface area (Å²) in [7, 11) is -6.49. The summed E-state index contributed by atoms with van der Waals surface area (Å²) in [5.41, 5.74) is -2.93. The summed E-state index contributed by atoms with van der Waals surface area (Å²) >= 11 is 0. The third-order valence-electron chi connectivity index (χ3n) is 11.2. The number of hydrogen-bond acceptors (Lipinski definition) is 1. The van der Waals surface area contributed by atoms with Gasteiger partial charge in [0.15, 0.2) is 13.7 Å². The van der Waals surface area contributed by atoms with Gasteiger partial charge < -0.3 is 13.6 Å². The molecule has 3 aromatic heterocycles. The lowest BCUT2D eigenvalue weighted by atomic mass is 10.1. The van der Waals surface area contributed by atoms with Crippen molar-refractivity contribution in [3.63, 3.8) is 0 Å². The Balaban J connectivity index is 1.26. The second-order valence-corrected chi connectivity index (χ2v) is 18.0. The molecule has 4 heteroatoms. The number of hydrogen-bond donors (Lipinski definition) is 0. The average molecular weight is 864 g/mol. The minimum Gasteiger partial charge on any atom is -0.454 e. The molecule has 300 valence electrons. The van der Waals surface area contributed by atoms with E-state index < -0.39 is 233 Å². The lowest BCUT2D eigenvalue weighted by Gasteiger charge is -2.34. The van der Waals surface area contributed by atoms with Crippen molar-refractivity contribution in [2.24, 2.45) is 0 Å². The fourth-order valence-corrected chi connectivity index (χ4v) is 12.1. The maximum absolute atomic E-state index is 10.5. The van der Waals surface area contributed by atoms with Crippen molar-refractivity contribution in [3.8, 4) is 22.5 Å². The predicted molar refractivity (Wildman–Crippen MR) is 271 cm³/mol. The first-order chi connectivity index (χ1) is 44.7. The van der Waals surface area contributed by atoms with E-state index in [2.05, 4.69) is 0 Å². The molecule has 13 rings (SSSR count). The highest BCUT2D eigenvalue weighted by Gasteiger charge is 2.41. The second kappa shape index (κ2) is 14.5. The van der Waals surface area contributed by atoms with Crippen LogP contribution in [0.1, 0.15) is 42.5 Å². The van der Waals surface area contributed by atoms with Gasteiger partial charge in [0.05, 0.1) is 75.6 Å². The molecule has 3 nitrogen and oxygen atoms in total. The van der Waals surface area contributed by atoms with Crippen LogP contribution in [0.25, 0.3) is 88.1 Å². The molecule has 0 atom stereocenters. The van der Waals surface area contributed by atoms with Crippen molar-refractivity contribution in [1.29, 1.82) is 0 Å². The largest absolute Gasteiger partial charge is 0.454 e. The van der Waals surface area contributed by atoms with Gasteiger partial charge in [0.25, 0.3) is 0 Å². The molecule has 0 unspecified atom stereocenters. The van der Waals surface area contributed by atoms with Crippen molar-refractivity contribution in [1.82, 2.24) is 9.13 Å². The molecule has 0 spiro atoms. The van der Waals surface area contributed by atoms with E-state index in [4.69, 9.17) is 27.7 Å². The monoisotopic (exact) mass is 863 g/mol. The first-order valence-corrected chi connectivity index (χ1v) is 21.5. The van der Waals surface area contributed by atoms with Gasteiger partial charge in [-0.15, -0.1) is 0 Å². The number of furan rings is 1. The minimum atomic E-state index is -6.49. The van der Waals surface area contributed by atoms with Crippen molar-refractivity contribution < 1.29 is 46.9 Å². The van der Waals surface area contributed by atoms with Crippen LogP contribution in [0.4, 0.5) is 0 Å².